The highest BCUT2D eigenvalue weighted by Crippen LogP contribution is 2.35. The van der Waals surface area contributed by atoms with Crippen molar-refractivity contribution in [3.63, 3.8) is 0 Å². The number of aromatic nitrogens is 1. The Bertz CT molecular complexity index is 593. The predicted molar refractivity (Wildman–Crippen MR) is 80.7 cm³/mol. The van der Waals surface area contributed by atoms with E-state index in [9.17, 15) is 0 Å². The van der Waals surface area contributed by atoms with Crippen molar-refractivity contribution in [2.24, 2.45) is 0 Å². The summed E-state index contributed by atoms with van der Waals surface area (Å²) in [7, 11) is 1.71. The molecule has 0 unspecified atom stereocenters. The van der Waals surface area contributed by atoms with Gasteiger partial charge in [-0.2, -0.15) is 0 Å². The summed E-state index contributed by atoms with van der Waals surface area (Å²) in [5, 5.41) is 0. The molecule has 19 heavy (non-hydrogen) atoms. The van der Waals surface area contributed by atoms with Crippen LogP contribution in [0.15, 0.2) is 42.7 Å². The molecule has 1 aromatic carbocycles. The van der Waals surface area contributed by atoms with Crippen LogP contribution in [0.3, 0.4) is 0 Å². The molecule has 1 aliphatic carbocycles. The first-order valence-corrected chi connectivity index (χ1v) is 6.15. The Morgan fingerprint density at radius 1 is 1.11 bits per heavy atom. The molecule has 3 rings (SSSR count). The average Bonchev–Trinajstić information content (AvgIpc) is 2.82. The fourth-order valence-electron chi connectivity index (χ4n) is 2.43. The first-order chi connectivity index (χ1) is 8.86. The second-order valence-electron chi connectivity index (χ2n) is 4.47. The topological polar surface area (TPSA) is 22.1 Å². The number of fused-ring (bicyclic) bond motifs is 1. The second kappa shape index (κ2) is 5.89. The molecule has 0 aliphatic heterocycles. The van der Waals surface area contributed by atoms with Crippen molar-refractivity contribution in [2.45, 2.75) is 12.8 Å². The number of ether oxygens (including phenoxy) is 1. The summed E-state index contributed by atoms with van der Waals surface area (Å²) in [6.45, 7) is 0. The quantitative estimate of drug-likeness (QED) is 0.825. The number of hydrogen-bond acceptors (Lipinski definition) is 2. The Kier molecular flexibility index (Phi) is 4.23. The van der Waals surface area contributed by atoms with Gasteiger partial charge in [0, 0.05) is 12.4 Å². The molecular weight excluding hydrogens is 258 g/mol. The van der Waals surface area contributed by atoms with Crippen LogP contribution in [-0.2, 0) is 6.42 Å². The van der Waals surface area contributed by atoms with E-state index in [1.165, 1.54) is 22.3 Å². The zero-order valence-electron chi connectivity index (χ0n) is 10.8. The third-order valence-electron chi connectivity index (χ3n) is 3.37. The molecule has 98 valence electrons. The number of methoxy groups -OCH3 is 1. The van der Waals surface area contributed by atoms with Crippen LogP contribution in [0.4, 0.5) is 0 Å². The van der Waals surface area contributed by atoms with Crippen molar-refractivity contribution in [1.82, 2.24) is 4.98 Å². The summed E-state index contributed by atoms with van der Waals surface area (Å²) in [4.78, 5) is 4.04. The Balaban J connectivity index is 0.00000133. The zero-order valence-corrected chi connectivity index (χ0v) is 11.6. The Hall–Kier alpha value is -1.80. The lowest BCUT2D eigenvalue weighted by Crippen LogP contribution is -1.86. The highest BCUT2D eigenvalue weighted by Gasteiger charge is 2.16. The summed E-state index contributed by atoms with van der Waals surface area (Å²) in [6.07, 6.45) is 8.11. The molecular formula is C16H16ClNO. The molecule has 0 radical (unpaired) electrons. The van der Waals surface area contributed by atoms with Crippen molar-refractivity contribution in [1.29, 1.82) is 0 Å². The molecule has 1 heterocycles. The summed E-state index contributed by atoms with van der Waals surface area (Å²) in [5.41, 5.74) is 5.35. The number of nitrogens with zero attached hydrogens (tertiary/aromatic N) is 1. The van der Waals surface area contributed by atoms with Crippen LogP contribution in [0.5, 0.6) is 5.75 Å². The maximum atomic E-state index is 5.27. The highest BCUT2D eigenvalue weighted by molar-refractivity contribution is 5.86. The van der Waals surface area contributed by atoms with E-state index in [4.69, 9.17) is 4.74 Å². The van der Waals surface area contributed by atoms with Crippen LogP contribution in [0.1, 0.15) is 23.1 Å². The molecule has 0 amide bonds. The van der Waals surface area contributed by atoms with E-state index in [-0.39, 0.29) is 12.4 Å². The number of benzene rings is 1. The van der Waals surface area contributed by atoms with Crippen LogP contribution in [0.25, 0.3) is 11.6 Å². The number of pyridine rings is 1. The molecule has 2 aromatic rings. The molecule has 0 fully saturated rings. The van der Waals surface area contributed by atoms with E-state index in [0.29, 0.717) is 0 Å². The van der Waals surface area contributed by atoms with E-state index < -0.39 is 0 Å². The number of rotatable bonds is 2. The fourth-order valence-corrected chi connectivity index (χ4v) is 2.43. The molecule has 3 heteroatoms. The average molecular weight is 274 g/mol. The summed E-state index contributed by atoms with van der Waals surface area (Å²) >= 11 is 0. The monoisotopic (exact) mass is 273 g/mol. The van der Waals surface area contributed by atoms with E-state index in [0.717, 1.165) is 18.6 Å². The molecule has 1 aliphatic rings. The second-order valence-corrected chi connectivity index (χ2v) is 4.47. The molecule has 1 aromatic heterocycles. The van der Waals surface area contributed by atoms with E-state index in [1.54, 1.807) is 7.11 Å². The summed E-state index contributed by atoms with van der Waals surface area (Å²) < 4.78 is 5.27. The van der Waals surface area contributed by atoms with Gasteiger partial charge in [0.2, 0.25) is 0 Å². The Labute approximate surface area is 119 Å². The van der Waals surface area contributed by atoms with E-state index in [2.05, 4.69) is 23.2 Å². The van der Waals surface area contributed by atoms with Gasteiger partial charge < -0.3 is 4.74 Å². The van der Waals surface area contributed by atoms with Crippen LogP contribution in [0.2, 0.25) is 0 Å². The van der Waals surface area contributed by atoms with E-state index >= 15 is 0 Å². The third-order valence-corrected chi connectivity index (χ3v) is 3.37. The largest absolute Gasteiger partial charge is 0.497 e. The van der Waals surface area contributed by atoms with E-state index in [1.807, 2.05) is 30.6 Å². The Morgan fingerprint density at radius 3 is 2.63 bits per heavy atom. The summed E-state index contributed by atoms with van der Waals surface area (Å²) in [6, 6.07) is 10.4. The number of halogens is 1. The van der Waals surface area contributed by atoms with Crippen molar-refractivity contribution < 1.29 is 4.74 Å². The van der Waals surface area contributed by atoms with Crippen molar-refractivity contribution in [3.8, 4) is 5.75 Å². The van der Waals surface area contributed by atoms with Gasteiger partial charge in [-0.05, 0) is 59.4 Å². The number of allylic oxidation sites excluding steroid dienone is 1. The molecule has 0 atom stereocenters. The van der Waals surface area contributed by atoms with Crippen LogP contribution < -0.4 is 4.74 Å². The van der Waals surface area contributed by atoms with Crippen LogP contribution in [0, 0.1) is 0 Å². The molecule has 0 saturated carbocycles. The molecule has 0 N–H and O–H groups in total. The minimum atomic E-state index is 0. The zero-order chi connectivity index (χ0) is 12.4. The molecule has 0 spiro atoms. The van der Waals surface area contributed by atoms with Crippen molar-refractivity contribution in [3.05, 3.63) is 59.4 Å². The Morgan fingerprint density at radius 2 is 1.89 bits per heavy atom. The van der Waals surface area contributed by atoms with Crippen molar-refractivity contribution in [2.75, 3.05) is 7.11 Å². The molecule has 0 bridgehead atoms. The van der Waals surface area contributed by atoms with Gasteiger partial charge in [-0.3, -0.25) is 4.98 Å². The standard InChI is InChI=1S/C16H15NO.ClH/c1-18-15-4-5-16-13(2-3-14(16)11-15)10-12-6-8-17-9-7-12;/h4-11H,2-3H2,1H3;1H/b13-10+;. The summed E-state index contributed by atoms with van der Waals surface area (Å²) in [5.74, 6) is 0.943. The highest BCUT2D eigenvalue weighted by atomic mass is 35.5. The normalized spacial score (nSPS) is 14.9. The van der Waals surface area contributed by atoms with Crippen molar-refractivity contribution >= 4 is 24.1 Å². The van der Waals surface area contributed by atoms with Gasteiger partial charge in [0.1, 0.15) is 5.75 Å². The first-order valence-electron chi connectivity index (χ1n) is 6.15. The smallest absolute Gasteiger partial charge is 0.119 e. The van der Waals surface area contributed by atoms with Crippen LogP contribution >= 0.6 is 12.4 Å². The third kappa shape index (κ3) is 2.79. The van der Waals surface area contributed by atoms with Gasteiger partial charge >= 0.3 is 0 Å². The maximum absolute atomic E-state index is 5.27. The number of hydrogen-bond donors (Lipinski definition) is 0. The first kappa shape index (κ1) is 13.6. The van der Waals surface area contributed by atoms with Crippen LogP contribution in [-0.4, -0.2) is 12.1 Å². The lowest BCUT2D eigenvalue weighted by molar-refractivity contribution is 0.414. The number of aryl methyl sites for hydroxylation is 1. The van der Waals surface area contributed by atoms with Gasteiger partial charge in [-0.25, -0.2) is 0 Å². The minimum absolute atomic E-state index is 0. The maximum Gasteiger partial charge on any atom is 0.119 e. The van der Waals surface area contributed by atoms with Gasteiger partial charge in [0.05, 0.1) is 7.11 Å². The van der Waals surface area contributed by atoms with Gasteiger partial charge in [-0.15, -0.1) is 12.4 Å². The molecule has 0 saturated heterocycles. The molecule has 2 nitrogen and oxygen atoms in total. The SMILES string of the molecule is COc1ccc2c(c1)CC/C2=C\c1ccncc1.Cl. The predicted octanol–water partition coefficient (Wildman–Crippen LogP) is 4.00. The van der Waals surface area contributed by atoms with Gasteiger partial charge in [0.15, 0.2) is 0 Å². The fraction of sp³-hybridized carbons (Fsp3) is 0.188. The lowest BCUT2D eigenvalue weighted by Gasteiger charge is -2.04. The minimum Gasteiger partial charge on any atom is -0.497 e. The van der Waals surface area contributed by atoms with Gasteiger partial charge in [0.25, 0.3) is 0 Å². The van der Waals surface area contributed by atoms with Gasteiger partial charge in [-0.1, -0.05) is 12.1 Å². The lowest BCUT2D eigenvalue weighted by atomic mass is 10.0.